The van der Waals surface area contributed by atoms with Crippen LogP contribution in [0.15, 0.2) is 54.0 Å². The van der Waals surface area contributed by atoms with E-state index < -0.39 is 11.9 Å². The molecule has 126 valence electrons. The van der Waals surface area contributed by atoms with Crippen LogP contribution in [0, 0.1) is 0 Å². The van der Waals surface area contributed by atoms with Crippen LogP contribution in [0.3, 0.4) is 0 Å². The number of rotatable bonds is 3. The molecule has 0 fully saturated rings. The Morgan fingerprint density at radius 2 is 1.76 bits per heavy atom. The molecule has 0 amide bonds. The average Bonchev–Trinajstić information content (AvgIpc) is 3.33. The minimum Gasteiger partial charge on any atom is -0.273 e. The van der Waals surface area contributed by atoms with Crippen LogP contribution in [0.1, 0.15) is 5.69 Å². The number of H-pyrrole nitrogens is 1. The van der Waals surface area contributed by atoms with Crippen molar-refractivity contribution >= 4 is 22.7 Å². The fraction of sp³-hybridized carbons (Fsp3) is 0.0588. The van der Waals surface area contributed by atoms with Gasteiger partial charge in [0.2, 0.25) is 0 Å². The second-order valence-corrected chi connectivity index (χ2v) is 7.27. The number of nitrogens with one attached hydrogen (secondary N) is 1. The molecule has 0 aliphatic carbocycles. The van der Waals surface area contributed by atoms with Gasteiger partial charge in [0.25, 0.3) is 0 Å². The van der Waals surface area contributed by atoms with Crippen molar-refractivity contribution in [2.45, 2.75) is 6.18 Å². The predicted octanol–water partition coefficient (Wildman–Crippen LogP) is 5.95. The average molecular weight is 377 g/mol. The van der Waals surface area contributed by atoms with Crippen LogP contribution in [-0.2, 0) is 6.18 Å². The summed E-state index contributed by atoms with van der Waals surface area (Å²) in [5.74, 6) is 0. The highest BCUT2D eigenvalue weighted by Crippen LogP contribution is 2.37. The molecule has 0 aliphatic rings. The van der Waals surface area contributed by atoms with E-state index in [1.54, 1.807) is 34.9 Å². The van der Waals surface area contributed by atoms with Crippen molar-refractivity contribution < 1.29 is 13.2 Å². The minimum atomic E-state index is -4.45. The highest BCUT2D eigenvalue weighted by molar-refractivity contribution is 7.23. The Morgan fingerprint density at radius 1 is 0.920 bits per heavy atom. The van der Waals surface area contributed by atoms with E-state index in [1.165, 1.54) is 4.88 Å². The molecular weight excluding hydrogens is 367 g/mol. The summed E-state index contributed by atoms with van der Waals surface area (Å²) in [5.41, 5.74) is 0.583. The standard InChI is InChI=1S/C17H10F3N3S2/c18-17(19,20)16-9-12(22-23-16)11-8-10(5-6-21-11)13-3-4-15(25-13)14-2-1-7-24-14/h1-9H,(H,22,23). The molecule has 1 N–H and O–H groups in total. The van der Waals surface area contributed by atoms with E-state index in [0.717, 1.165) is 21.4 Å². The van der Waals surface area contributed by atoms with E-state index >= 15 is 0 Å². The van der Waals surface area contributed by atoms with Gasteiger partial charge in [-0.1, -0.05) is 6.07 Å². The van der Waals surface area contributed by atoms with Crippen LogP contribution in [0.25, 0.3) is 31.6 Å². The van der Waals surface area contributed by atoms with E-state index in [9.17, 15) is 13.2 Å². The summed E-state index contributed by atoms with van der Waals surface area (Å²) >= 11 is 3.30. The second kappa shape index (κ2) is 6.12. The molecule has 0 radical (unpaired) electrons. The molecule has 4 heterocycles. The lowest BCUT2D eigenvalue weighted by atomic mass is 10.1. The van der Waals surface area contributed by atoms with Crippen molar-refractivity contribution in [2.24, 2.45) is 0 Å². The number of pyridine rings is 1. The first kappa shape index (κ1) is 16.0. The zero-order valence-corrected chi connectivity index (χ0v) is 14.2. The van der Waals surface area contributed by atoms with Crippen LogP contribution < -0.4 is 0 Å². The number of alkyl halides is 3. The van der Waals surface area contributed by atoms with E-state index in [2.05, 4.69) is 16.1 Å². The molecule has 0 bridgehead atoms. The molecule has 0 aliphatic heterocycles. The number of hydrogen-bond acceptors (Lipinski definition) is 4. The zero-order chi connectivity index (χ0) is 17.4. The molecule has 8 heteroatoms. The van der Waals surface area contributed by atoms with Gasteiger partial charge in [-0.2, -0.15) is 18.3 Å². The summed E-state index contributed by atoms with van der Waals surface area (Å²) in [6.07, 6.45) is -2.87. The summed E-state index contributed by atoms with van der Waals surface area (Å²) in [5, 5.41) is 7.77. The maximum Gasteiger partial charge on any atom is 0.432 e. The van der Waals surface area contributed by atoms with Crippen molar-refractivity contribution in [2.75, 3.05) is 0 Å². The Kier molecular flexibility index (Phi) is 3.93. The summed E-state index contributed by atoms with van der Waals surface area (Å²) in [7, 11) is 0. The SMILES string of the molecule is FC(F)(F)c1cc(-c2cc(-c3ccc(-c4cccs4)s3)ccn2)n[nH]1. The third kappa shape index (κ3) is 3.22. The summed E-state index contributed by atoms with van der Waals surface area (Å²) in [4.78, 5) is 7.51. The van der Waals surface area contributed by atoms with Crippen LogP contribution in [0.5, 0.6) is 0 Å². The molecule has 0 spiro atoms. The van der Waals surface area contributed by atoms with Crippen LogP contribution in [0.4, 0.5) is 13.2 Å². The Balaban J connectivity index is 1.67. The number of nitrogens with zero attached hydrogens (tertiary/aromatic N) is 2. The van der Waals surface area contributed by atoms with E-state index in [-0.39, 0.29) is 5.69 Å². The van der Waals surface area contributed by atoms with Gasteiger partial charge < -0.3 is 0 Å². The topological polar surface area (TPSA) is 41.6 Å². The maximum atomic E-state index is 12.7. The van der Waals surface area contributed by atoms with Crippen molar-refractivity contribution in [3.05, 3.63) is 59.7 Å². The van der Waals surface area contributed by atoms with Gasteiger partial charge in [-0.15, -0.1) is 22.7 Å². The highest BCUT2D eigenvalue weighted by Gasteiger charge is 2.33. The fourth-order valence-corrected chi connectivity index (χ4v) is 4.20. The van der Waals surface area contributed by atoms with Crippen molar-refractivity contribution in [1.82, 2.24) is 15.2 Å². The Bertz CT molecular complexity index is 1000. The van der Waals surface area contributed by atoms with E-state index in [1.807, 2.05) is 34.7 Å². The number of hydrogen-bond donors (Lipinski definition) is 1. The fourth-order valence-electron chi connectivity index (χ4n) is 2.37. The Labute approximate surface area is 148 Å². The molecule has 0 unspecified atom stereocenters. The quantitative estimate of drug-likeness (QED) is 0.479. The predicted molar refractivity (Wildman–Crippen MR) is 93.4 cm³/mol. The lowest BCUT2D eigenvalue weighted by Gasteiger charge is -2.01. The molecule has 0 atom stereocenters. The Morgan fingerprint density at radius 3 is 2.48 bits per heavy atom. The number of aromatic amines is 1. The highest BCUT2D eigenvalue weighted by atomic mass is 32.1. The molecule has 4 aromatic rings. The normalized spacial score (nSPS) is 11.8. The lowest BCUT2D eigenvalue weighted by molar-refractivity contribution is -0.141. The van der Waals surface area contributed by atoms with Crippen LogP contribution in [0.2, 0.25) is 0 Å². The van der Waals surface area contributed by atoms with Crippen molar-refractivity contribution in [3.8, 4) is 31.6 Å². The number of aromatic nitrogens is 3. The van der Waals surface area contributed by atoms with Gasteiger partial charge in [0, 0.05) is 20.8 Å². The van der Waals surface area contributed by atoms with E-state index in [4.69, 9.17) is 0 Å². The van der Waals surface area contributed by atoms with Crippen LogP contribution >= 0.6 is 22.7 Å². The third-order valence-electron chi connectivity index (χ3n) is 3.56. The van der Waals surface area contributed by atoms with Gasteiger partial charge in [0.15, 0.2) is 0 Å². The number of halogens is 3. The molecule has 25 heavy (non-hydrogen) atoms. The monoisotopic (exact) mass is 377 g/mol. The Hall–Kier alpha value is -2.45. The minimum absolute atomic E-state index is 0.171. The smallest absolute Gasteiger partial charge is 0.273 e. The lowest BCUT2D eigenvalue weighted by Crippen LogP contribution is -2.04. The summed E-state index contributed by atoms with van der Waals surface area (Å²) in [6, 6.07) is 12.7. The molecule has 4 rings (SSSR count). The first-order valence-corrected chi connectivity index (χ1v) is 8.93. The largest absolute Gasteiger partial charge is 0.432 e. The first-order valence-electron chi connectivity index (χ1n) is 7.24. The number of thiophene rings is 2. The van der Waals surface area contributed by atoms with Gasteiger partial charge in [0.05, 0.1) is 5.69 Å². The third-order valence-corrected chi connectivity index (χ3v) is 5.76. The van der Waals surface area contributed by atoms with Crippen molar-refractivity contribution in [1.29, 1.82) is 0 Å². The van der Waals surface area contributed by atoms with Crippen molar-refractivity contribution in [3.63, 3.8) is 0 Å². The molecule has 4 aromatic heterocycles. The molecule has 0 aromatic carbocycles. The summed E-state index contributed by atoms with van der Waals surface area (Å²) in [6.45, 7) is 0. The second-order valence-electron chi connectivity index (χ2n) is 5.24. The van der Waals surface area contributed by atoms with Gasteiger partial charge in [0.1, 0.15) is 11.4 Å². The first-order chi connectivity index (χ1) is 12.0. The van der Waals surface area contributed by atoms with Crippen LogP contribution in [-0.4, -0.2) is 15.2 Å². The zero-order valence-electron chi connectivity index (χ0n) is 12.5. The molecule has 0 saturated heterocycles. The molecule has 3 nitrogen and oxygen atoms in total. The van der Waals surface area contributed by atoms with Gasteiger partial charge in [-0.25, -0.2) is 0 Å². The van der Waals surface area contributed by atoms with Gasteiger partial charge >= 0.3 is 6.18 Å². The van der Waals surface area contributed by atoms with E-state index in [0.29, 0.717) is 5.69 Å². The van der Waals surface area contributed by atoms with Gasteiger partial charge in [-0.05, 0) is 47.3 Å². The van der Waals surface area contributed by atoms with Gasteiger partial charge in [-0.3, -0.25) is 10.1 Å². The molecule has 0 saturated carbocycles. The maximum absolute atomic E-state index is 12.7. The summed E-state index contributed by atoms with van der Waals surface area (Å²) < 4.78 is 38.1. The molecular formula is C17H10F3N3S2.